The molecular formula is C10H18O3. The number of aliphatic hydroxyl groups excluding tert-OH is 1. The maximum Gasteiger partial charge on any atom is 0.116 e. The second-order valence-corrected chi connectivity index (χ2v) is 4.95. The normalized spacial score (nSPS) is 54.9. The minimum Gasteiger partial charge on any atom is -0.387 e. The van der Waals surface area contributed by atoms with Crippen molar-refractivity contribution < 1.29 is 14.9 Å². The highest BCUT2D eigenvalue weighted by molar-refractivity contribution is 5.16. The van der Waals surface area contributed by atoms with Crippen LogP contribution in [0.15, 0.2) is 0 Å². The summed E-state index contributed by atoms with van der Waals surface area (Å²) in [6.45, 7) is 5.89. The van der Waals surface area contributed by atoms with Crippen molar-refractivity contribution in [1.29, 1.82) is 0 Å². The van der Waals surface area contributed by atoms with Gasteiger partial charge in [-0.2, -0.15) is 0 Å². The predicted molar refractivity (Wildman–Crippen MR) is 48.3 cm³/mol. The first-order chi connectivity index (χ1) is 5.90. The lowest BCUT2D eigenvalue weighted by Gasteiger charge is -2.35. The first kappa shape index (κ1) is 9.44. The Morgan fingerprint density at radius 3 is 2.54 bits per heavy atom. The Labute approximate surface area is 78.7 Å². The molecule has 3 heteroatoms. The summed E-state index contributed by atoms with van der Waals surface area (Å²) in [6.07, 6.45) is 0.627. The van der Waals surface area contributed by atoms with Crippen LogP contribution in [0.5, 0.6) is 0 Å². The van der Waals surface area contributed by atoms with Crippen LogP contribution in [-0.2, 0) is 4.74 Å². The Hall–Kier alpha value is -0.120. The molecule has 4 atom stereocenters. The van der Waals surface area contributed by atoms with E-state index in [-0.39, 0.29) is 11.7 Å². The van der Waals surface area contributed by atoms with Gasteiger partial charge in [0.05, 0.1) is 11.2 Å². The Kier molecular flexibility index (Phi) is 1.79. The second-order valence-electron chi connectivity index (χ2n) is 4.95. The van der Waals surface area contributed by atoms with Gasteiger partial charge in [0.2, 0.25) is 0 Å². The van der Waals surface area contributed by atoms with Crippen molar-refractivity contribution >= 4 is 0 Å². The summed E-state index contributed by atoms with van der Waals surface area (Å²) in [5, 5.41) is 19.6. The zero-order valence-corrected chi connectivity index (χ0v) is 8.45. The van der Waals surface area contributed by atoms with Crippen LogP contribution in [0.25, 0.3) is 0 Å². The highest BCUT2D eigenvalue weighted by Crippen LogP contribution is 2.54. The van der Waals surface area contributed by atoms with Crippen LogP contribution in [-0.4, -0.2) is 33.6 Å². The molecule has 0 amide bonds. The van der Waals surface area contributed by atoms with E-state index in [1.807, 2.05) is 0 Å². The number of hydrogen-bond acceptors (Lipinski definition) is 3. The van der Waals surface area contributed by atoms with Crippen molar-refractivity contribution in [3.8, 4) is 0 Å². The van der Waals surface area contributed by atoms with Crippen molar-refractivity contribution in [2.45, 2.75) is 57.0 Å². The molecule has 0 bridgehead atoms. The molecule has 0 aromatic rings. The number of rotatable bonds is 1. The molecule has 1 heterocycles. The summed E-state index contributed by atoms with van der Waals surface area (Å²) >= 11 is 0. The van der Waals surface area contributed by atoms with E-state index in [0.29, 0.717) is 12.3 Å². The van der Waals surface area contributed by atoms with Gasteiger partial charge in [-0.15, -0.1) is 0 Å². The molecule has 0 aromatic carbocycles. The highest BCUT2D eigenvalue weighted by Gasteiger charge is 2.67. The third kappa shape index (κ3) is 1.14. The monoisotopic (exact) mass is 186 g/mol. The Balaban J connectivity index is 2.15. The van der Waals surface area contributed by atoms with Gasteiger partial charge in [-0.1, -0.05) is 13.8 Å². The molecule has 2 aliphatic rings. The van der Waals surface area contributed by atoms with Gasteiger partial charge in [0.1, 0.15) is 12.2 Å². The van der Waals surface area contributed by atoms with E-state index >= 15 is 0 Å². The molecule has 0 aromatic heterocycles. The lowest BCUT2D eigenvalue weighted by molar-refractivity contribution is -0.0874. The Morgan fingerprint density at radius 1 is 1.38 bits per heavy atom. The van der Waals surface area contributed by atoms with Crippen LogP contribution >= 0.6 is 0 Å². The molecule has 2 N–H and O–H groups in total. The minimum atomic E-state index is -0.959. The fourth-order valence-electron chi connectivity index (χ4n) is 2.41. The first-order valence-electron chi connectivity index (χ1n) is 4.98. The average Bonchev–Trinajstić information content (AvgIpc) is 2.74. The molecule has 0 spiro atoms. The minimum absolute atomic E-state index is 0.137. The topological polar surface area (TPSA) is 53.0 Å². The quantitative estimate of drug-likeness (QED) is 0.592. The SMILES string of the molecule is CC(C)C12CCC(C)(O)C(O)C1O2. The number of epoxide rings is 1. The number of aliphatic hydroxyl groups is 2. The van der Waals surface area contributed by atoms with Crippen molar-refractivity contribution in [2.24, 2.45) is 5.92 Å². The molecule has 1 saturated heterocycles. The van der Waals surface area contributed by atoms with E-state index < -0.39 is 11.7 Å². The summed E-state index contributed by atoms with van der Waals surface area (Å²) in [6, 6.07) is 0. The summed E-state index contributed by atoms with van der Waals surface area (Å²) in [5.74, 6) is 0.420. The van der Waals surface area contributed by atoms with E-state index in [9.17, 15) is 10.2 Å². The van der Waals surface area contributed by atoms with Gasteiger partial charge in [-0.25, -0.2) is 0 Å². The third-order valence-corrected chi connectivity index (χ3v) is 3.69. The molecule has 76 valence electrons. The zero-order valence-electron chi connectivity index (χ0n) is 8.45. The van der Waals surface area contributed by atoms with Crippen molar-refractivity contribution in [3.63, 3.8) is 0 Å². The molecule has 2 rings (SSSR count). The largest absolute Gasteiger partial charge is 0.387 e. The predicted octanol–water partition coefficient (Wildman–Crippen LogP) is 0.686. The van der Waals surface area contributed by atoms with E-state index in [1.54, 1.807) is 6.92 Å². The van der Waals surface area contributed by atoms with Crippen LogP contribution < -0.4 is 0 Å². The average molecular weight is 186 g/mol. The summed E-state index contributed by atoms with van der Waals surface area (Å²) in [5.41, 5.74) is -1.10. The first-order valence-corrected chi connectivity index (χ1v) is 4.98. The smallest absolute Gasteiger partial charge is 0.116 e. The fraction of sp³-hybridized carbons (Fsp3) is 1.00. The molecule has 1 aliphatic carbocycles. The maximum atomic E-state index is 9.81. The van der Waals surface area contributed by atoms with E-state index in [1.165, 1.54) is 0 Å². The number of ether oxygens (including phenoxy) is 1. The maximum absolute atomic E-state index is 9.81. The van der Waals surface area contributed by atoms with Gasteiger partial charge in [0.15, 0.2) is 0 Å². The summed E-state index contributed by atoms with van der Waals surface area (Å²) in [4.78, 5) is 0. The van der Waals surface area contributed by atoms with Gasteiger partial charge in [0.25, 0.3) is 0 Å². The van der Waals surface area contributed by atoms with Crippen LogP contribution in [0.1, 0.15) is 33.6 Å². The van der Waals surface area contributed by atoms with Crippen molar-refractivity contribution in [1.82, 2.24) is 0 Å². The van der Waals surface area contributed by atoms with Gasteiger partial charge >= 0.3 is 0 Å². The number of hydrogen-bond donors (Lipinski definition) is 2. The lowest BCUT2D eigenvalue weighted by atomic mass is 9.73. The number of fused-ring (bicyclic) bond motifs is 1. The van der Waals surface area contributed by atoms with Crippen molar-refractivity contribution in [3.05, 3.63) is 0 Å². The fourth-order valence-corrected chi connectivity index (χ4v) is 2.41. The molecule has 13 heavy (non-hydrogen) atoms. The van der Waals surface area contributed by atoms with Crippen molar-refractivity contribution in [2.75, 3.05) is 0 Å². The van der Waals surface area contributed by atoms with Crippen LogP contribution in [0, 0.1) is 5.92 Å². The molecule has 1 saturated carbocycles. The highest BCUT2D eigenvalue weighted by atomic mass is 16.6. The lowest BCUT2D eigenvalue weighted by Crippen LogP contribution is -2.50. The molecule has 4 unspecified atom stereocenters. The van der Waals surface area contributed by atoms with Crippen LogP contribution in [0.4, 0.5) is 0 Å². The molecule has 2 fully saturated rings. The third-order valence-electron chi connectivity index (χ3n) is 3.69. The van der Waals surface area contributed by atoms with Gasteiger partial charge in [0, 0.05) is 0 Å². The van der Waals surface area contributed by atoms with E-state index in [2.05, 4.69) is 13.8 Å². The molecular weight excluding hydrogens is 168 g/mol. The molecule has 0 radical (unpaired) electrons. The summed E-state index contributed by atoms with van der Waals surface area (Å²) < 4.78 is 5.56. The molecule has 1 aliphatic heterocycles. The Morgan fingerprint density at radius 2 is 2.00 bits per heavy atom. The molecule has 3 nitrogen and oxygen atoms in total. The van der Waals surface area contributed by atoms with Crippen LogP contribution in [0.3, 0.4) is 0 Å². The summed E-state index contributed by atoms with van der Waals surface area (Å²) in [7, 11) is 0. The Bertz CT molecular complexity index is 224. The van der Waals surface area contributed by atoms with Crippen LogP contribution in [0.2, 0.25) is 0 Å². The van der Waals surface area contributed by atoms with E-state index in [0.717, 1.165) is 6.42 Å². The second kappa shape index (κ2) is 2.47. The van der Waals surface area contributed by atoms with Gasteiger partial charge in [-0.3, -0.25) is 0 Å². The standard InChI is InChI=1S/C10H18O3/c1-6(2)10-5-4-9(3,12)7(11)8(10)13-10/h6-8,11-12H,4-5H2,1-3H3. The van der Waals surface area contributed by atoms with Gasteiger partial charge in [-0.05, 0) is 25.7 Å². The van der Waals surface area contributed by atoms with E-state index in [4.69, 9.17) is 4.74 Å². The van der Waals surface area contributed by atoms with Gasteiger partial charge < -0.3 is 14.9 Å². The zero-order chi connectivity index (χ0) is 9.85.